The summed E-state index contributed by atoms with van der Waals surface area (Å²) in [6.45, 7) is 0.309. The van der Waals surface area contributed by atoms with Gasteiger partial charge in [-0.3, -0.25) is 4.79 Å². The van der Waals surface area contributed by atoms with Gasteiger partial charge in [-0.05, 0) is 36.7 Å². The van der Waals surface area contributed by atoms with Crippen LogP contribution in [0.15, 0.2) is 35.2 Å². The Kier molecular flexibility index (Phi) is 3.79. The first-order valence-corrected chi connectivity index (χ1v) is 6.19. The molecule has 1 aliphatic rings. The van der Waals surface area contributed by atoms with Crippen LogP contribution in [0.3, 0.4) is 0 Å². The molecule has 17 heavy (non-hydrogen) atoms. The van der Waals surface area contributed by atoms with E-state index in [0.717, 1.165) is 0 Å². The zero-order valence-corrected chi connectivity index (χ0v) is 9.88. The average molecular weight is 258 g/mol. The summed E-state index contributed by atoms with van der Waals surface area (Å²) in [4.78, 5) is 12.1. The van der Waals surface area contributed by atoms with Crippen LogP contribution in [-0.2, 0) is 9.53 Å². The lowest BCUT2D eigenvalue weighted by Gasteiger charge is -2.20. The van der Waals surface area contributed by atoms with Crippen LogP contribution >= 0.6 is 11.8 Å². The van der Waals surface area contributed by atoms with Gasteiger partial charge in [-0.1, -0.05) is 18.2 Å². The highest BCUT2D eigenvalue weighted by Gasteiger charge is 2.49. The molecule has 0 N–H and O–H groups in total. The van der Waals surface area contributed by atoms with Crippen molar-refractivity contribution < 1.29 is 18.3 Å². The van der Waals surface area contributed by atoms with Crippen LogP contribution in [0.5, 0.6) is 0 Å². The Labute approximate surface area is 102 Å². The van der Waals surface area contributed by atoms with Crippen LogP contribution in [0, 0.1) is 0 Å². The second-order valence-corrected chi connectivity index (χ2v) is 4.87. The Morgan fingerprint density at radius 3 is 2.65 bits per heavy atom. The predicted molar refractivity (Wildman–Crippen MR) is 61.2 cm³/mol. The molecule has 0 saturated carbocycles. The summed E-state index contributed by atoms with van der Waals surface area (Å²) in [6, 6.07) is 8.45. The molecule has 0 spiro atoms. The van der Waals surface area contributed by atoms with Gasteiger partial charge in [0.2, 0.25) is 0 Å². The largest absolute Gasteiger partial charge is 0.371 e. The number of benzene rings is 1. The summed E-state index contributed by atoms with van der Waals surface area (Å²) >= 11 is 0.568. The minimum absolute atomic E-state index is 0.244. The van der Waals surface area contributed by atoms with E-state index in [4.69, 9.17) is 4.74 Å². The Hall–Kier alpha value is -0.940. The molecule has 0 aromatic heterocycles. The molecule has 2 rings (SSSR count). The molecule has 0 amide bonds. The quantitative estimate of drug-likeness (QED) is 0.779. The highest BCUT2D eigenvalue weighted by molar-refractivity contribution is 8.13. The molecule has 0 bridgehead atoms. The molecule has 1 unspecified atom stereocenters. The number of halogens is 2. The maximum Gasteiger partial charge on any atom is 0.341 e. The molecule has 92 valence electrons. The van der Waals surface area contributed by atoms with E-state index >= 15 is 0 Å². The van der Waals surface area contributed by atoms with Gasteiger partial charge in [0.1, 0.15) is 6.10 Å². The molecule has 2 nitrogen and oxygen atoms in total. The average Bonchev–Trinajstić information content (AvgIpc) is 2.84. The van der Waals surface area contributed by atoms with E-state index in [-0.39, 0.29) is 6.42 Å². The molecule has 1 aliphatic heterocycles. The van der Waals surface area contributed by atoms with Crippen molar-refractivity contribution in [2.24, 2.45) is 0 Å². The molecular weight excluding hydrogens is 246 g/mol. The van der Waals surface area contributed by atoms with Gasteiger partial charge in [0.15, 0.2) is 0 Å². The summed E-state index contributed by atoms with van der Waals surface area (Å²) in [5.41, 5.74) is 0. The highest BCUT2D eigenvalue weighted by atomic mass is 32.2. The topological polar surface area (TPSA) is 26.3 Å². The number of hydrogen-bond donors (Lipinski definition) is 0. The summed E-state index contributed by atoms with van der Waals surface area (Å²) < 4.78 is 32.3. The van der Waals surface area contributed by atoms with Crippen LogP contribution < -0.4 is 0 Å². The number of hydrogen-bond acceptors (Lipinski definition) is 3. The van der Waals surface area contributed by atoms with E-state index in [0.29, 0.717) is 29.7 Å². The van der Waals surface area contributed by atoms with Gasteiger partial charge in [-0.15, -0.1) is 0 Å². The standard InChI is InChI=1S/C12H12F2O2S/c13-12(14,10-7-4-8-16-10)11(15)17-9-5-2-1-3-6-9/h1-3,5-6,10H,4,7-8H2. The lowest BCUT2D eigenvalue weighted by atomic mass is 10.1. The van der Waals surface area contributed by atoms with Crippen molar-refractivity contribution in [3.63, 3.8) is 0 Å². The Morgan fingerprint density at radius 1 is 1.35 bits per heavy atom. The maximum absolute atomic E-state index is 13.7. The number of ether oxygens (including phenoxy) is 1. The number of thioether (sulfide) groups is 1. The third kappa shape index (κ3) is 2.84. The van der Waals surface area contributed by atoms with Gasteiger partial charge in [0.05, 0.1) is 0 Å². The van der Waals surface area contributed by atoms with E-state index in [2.05, 4.69) is 0 Å². The molecule has 0 radical (unpaired) electrons. The fourth-order valence-corrected chi connectivity index (χ4v) is 2.43. The van der Waals surface area contributed by atoms with Crippen molar-refractivity contribution >= 4 is 16.9 Å². The fraction of sp³-hybridized carbons (Fsp3) is 0.417. The highest BCUT2D eigenvalue weighted by Crippen LogP contribution is 2.35. The van der Waals surface area contributed by atoms with Crippen molar-refractivity contribution in [3.05, 3.63) is 30.3 Å². The normalized spacial score (nSPS) is 20.5. The van der Waals surface area contributed by atoms with E-state index in [1.807, 2.05) is 0 Å². The maximum atomic E-state index is 13.7. The summed E-state index contributed by atoms with van der Waals surface area (Å²) in [7, 11) is 0. The number of alkyl halides is 2. The molecule has 1 fully saturated rings. The minimum atomic E-state index is -3.41. The first-order valence-electron chi connectivity index (χ1n) is 5.37. The van der Waals surface area contributed by atoms with E-state index in [1.54, 1.807) is 30.3 Å². The Balaban J connectivity index is 2.04. The Bertz CT molecular complexity index is 389. The second kappa shape index (κ2) is 5.14. The third-order valence-corrected chi connectivity index (χ3v) is 3.53. The smallest absolute Gasteiger partial charge is 0.341 e. The SMILES string of the molecule is O=C(Sc1ccccc1)C(F)(F)C1CCCO1. The summed E-state index contributed by atoms with van der Waals surface area (Å²) in [6.07, 6.45) is -0.427. The summed E-state index contributed by atoms with van der Waals surface area (Å²) in [5, 5.41) is -1.14. The van der Waals surface area contributed by atoms with Gasteiger partial charge in [0, 0.05) is 11.5 Å². The van der Waals surface area contributed by atoms with Crippen LogP contribution in [0.25, 0.3) is 0 Å². The second-order valence-electron chi connectivity index (χ2n) is 3.83. The van der Waals surface area contributed by atoms with Crippen LogP contribution in [-0.4, -0.2) is 23.7 Å². The van der Waals surface area contributed by atoms with Crippen LogP contribution in [0.4, 0.5) is 8.78 Å². The summed E-state index contributed by atoms with van der Waals surface area (Å²) in [5.74, 6) is -3.41. The minimum Gasteiger partial charge on any atom is -0.371 e. The van der Waals surface area contributed by atoms with Gasteiger partial charge < -0.3 is 4.74 Å². The van der Waals surface area contributed by atoms with Gasteiger partial charge in [0.25, 0.3) is 5.12 Å². The molecule has 1 atom stereocenters. The van der Waals surface area contributed by atoms with Gasteiger partial charge in [-0.25, -0.2) is 0 Å². The van der Waals surface area contributed by atoms with Crippen molar-refractivity contribution in [3.8, 4) is 0 Å². The monoisotopic (exact) mass is 258 g/mol. The molecular formula is C12H12F2O2S. The van der Waals surface area contributed by atoms with Crippen molar-refractivity contribution in [1.29, 1.82) is 0 Å². The number of carbonyl (C=O) groups excluding carboxylic acids is 1. The molecule has 1 saturated heterocycles. The first kappa shape index (κ1) is 12.5. The lowest BCUT2D eigenvalue weighted by Crippen LogP contribution is -2.39. The van der Waals surface area contributed by atoms with Crippen molar-refractivity contribution in [2.45, 2.75) is 29.8 Å². The zero-order chi connectivity index (χ0) is 12.3. The zero-order valence-electron chi connectivity index (χ0n) is 9.07. The van der Waals surface area contributed by atoms with Crippen LogP contribution in [0.1, 0.15) is 12.8 Å². The van der Waals surface area contributed by atoms with E-state index in [1.165, 1.54) is 0 Å². The number of rotatable bonds is 3. The molecule has 0 aliphatic carbocycles. The van der Waals surface area contributed by atoms with Gasteiger partial charge in [-0.2, -0.15) is 8.78 Å². The number of carbonyl (C=O) groups is 1. The van der Waals surface area contributed by atoms with Crippen molar-refractivity contribution in [2.75, 3.05) is 6.61 Å². The predicted octanol–water partition coefficient (Wildman–Crippen LogP) is 3.12. The third-order valence-electron chi connectivity index (χ3n) is 2.56. The molecule has 1 aromatic rings. The van der Waals surface area contributed by atoms with Crippen LogP contribution in [0.2, 0.25) is 0 Å². The van der Waals surface area contributed by atoms with E-state index in [9.17, 15) is 13.6 Å². The van der Waals surface area contributed by atoms with Gasteiger partial charge >= 0.3 is 5.92 Å². The Morgan fingerprint density at radius 2 is 2.06 bits per heavy atom. The van der Waals surface area contributed by atoms with E-state index < -0.39 is 17.1 Å². The lowest BCUT2D eigenvalue weighted by molar-refractivity contribution is -0.152. The molecule has 1 aromatic carbocycles. The molecule has 5 heteroatoms. The van der Waals surface area contributed by atoms with Crippen molar-refractivity contribution in [1.82, 2.24) is 0 Å². The molecule has 1 heterocycles. The fourth-order valence-electron chi connectivity index (χ4n) is 1.66. The first-order chi connectivity index (χ1) is 8.10.